The molecule has 0 heterocycles. The van der Waals surface area contributed by atoms with Gasteiger partial charge in [-0.15, -0.1) is 0 Å². The smallest absolute Gasteiger partial charge is 0.0897 e. The first-order valence-electron chi connectivity index (χ1n) is 7.78. The van der Waals surface area contributed by atoms with Crippen LogP contribution in [0, 0.1) is 5.92 Å². The first-order valence-corrected chi connectivity index (χ1v) is 7.78. The highest BCUT2D eigenvalue weighted by Crippen LogP contribution is 2.25. The highest BCUT2D eigenvalue weighted by Gasteiger charge is 2.20. The first-order chi connectivity index (χ1) is 9.65. The second-order valence-electron chi connectivity index (χ2n) is 5.95. The van der Waals surface area contributed by atoms with Gasteiger partial charge in [0.15, 0.2) is 0 Å². The van der Waals surface area contributed by atoms with Gasteiger partial charge in [-0.25, -0.2) is 0 Å². The molecular weight excluding hydrogens is 258 g/mol. The fourth-order valence-electron chi connectivity index (χ4n) is 2.74. The summed E-state index contributed by atoms with van der Waals surface area (Å²) in [5.74, 6) is 0.736. The van der Waals surface area contributed by atoms with Crippen molar-refractivity contribution in [3.05, 3.63) is 0 Å². The number of rotatable bonds is 10. The van der Waals surface area contributed by atoms with Crippen LogP contribution in [-0.2, 0) is 9.47 Å². The molecule has 0 aromatic carbocycles. The van der Waals surface area contributed by atoms with E-state index in [0.29, 0.717) is 32.3 Å². The Balaban J connectivity index is 2.13. The summed E-state index contributed by atoms with van der Waals surface area (Å²) in [4.78, 5) is 0. The second-order valence-corrected chi connectivity index (χ2v) is 5.95. The van der Waals surface area contributed by atoms with E-state index < -0.39 is 6.10 Å². The highest BCUT2D eigenvalue weighted by molar-refractivity contribution is 4.72. The summed E-state index contributed by atoms with van der Waals surface area (Å²) in [7, 11) is 1.63. The van der Waals surface area contributed by atoms with Crippen LogP contribution >= 0.6 is 0 Å². The van der Waals surface area contributed by atoms with Crippen molar-refractivity contribution < 1.29 is 19.7 Å². The Morgan fingerprint density at radius 3 is 2.75 bits per heavy atom. The lowest BCUT2D eigenvalue weighted by Gasteiger charge is -2.28. The van der Waals surface area contributed by atoms with E-state index in [-0.39, 0.29) is 12.6 Å². The van der Waals surface area contributed by atoms with Crippen LogP contribution in [0.3, 0.4) is 0 Å². The summed E-state index contributed by atoms with van der Waals surface area (Å²) in [5, 5.41) is 22.1. The second kappa shape index (κ2) is 10.5. The van der Waals surface area contributed by atoms with Gasteiger partial charge in [0, 0.05) is 26.3 Å². The zero-order valence-electron chi connectivity index (χ0n) is 12.9. The molecule has 3 N–H and O–H groups in total. The quantitative estimate of drug-likeness (QED) is 0.558. The van der Waals surface area contributed by atoms with E-state index in [2.05, 4.69) is 12.2 Å². The molecule has 20 heavy (non-hydrogen) atoms. The van der Waals surface area contributed by atoms with Crippen LogP contribution in [0.25, 0.3) is 0 Å². The molecule has 120 valence electrons. The van der Waals surface area contributed by atoms with E-state index >= 15 is 0 Å². The van der Waals surface area contributed by atoms with Gasteiger partial charge in [0.05, 0.1) is 25.4 Å². The third-order valence-electron chi connectivity index (χ3n) is 3.90. The minimum Gasteiger partial charge on any atom is -0.396 e. The predicted octanol–water partition coefficient (Wildman–Crippen LogP) is 0.930. The molecule has 4 atom stereocenters. The molecule has 1 saturated carbocycles. The molecule has 0 bridgehead atoms. The zero-order chi connectivity index (χ0) is 14.8. The summed E-state index contributed by atoms with van der Waals surface area (Å²) >= 11 is 0. The highest BCUT2D eigenvalue weighted by atomic mass is 16.5. The molecule has 0 aromatic rings. The topological polar surface area (TPSA) is 71.0 Å². The molecule has 1 fully saturated rings. The van der Waals surface area contributed by atoms with E-state index in [1.807, 2.05) is 0 Å². The Kier molecular flexibility index (Phi) is 9.39. The van der Waals surface area contributed by atoms with Crippen molar-refractivity contribution >= 4 is 0 Å². The van der Waals surface area contributed by atoms with Crippen molar-refractivity contribution in [1.29, 1.82) is 0 Å². The monoisotopic (exact) mass is 289 g/mol. The normalized spacial score (nSPS) is 26.4. The van der Waals surface area contributed by atoms with Gasteiger partial charge in [-0.3, -0.25) is 0 Å². The molecule has 0 spiro atoms. The van der Waals surface area contributed by atoms with E-state index in [1.165, 1.54) is 12.8 Å². The van der Waals surface area contributed by atoms with Crippen molar-refractivity contribution in [1.82, 2.24) is 5.32 Å². The average Bonchev–Trinajstić information content (AvgIpc) is 2.43. The molecule has 5 heteroatoms. The lowest BCUT2D eigenvalue weighted by atomic mass is 9.89. The lowest BCUT2D eigenvalue weighted by molar-refractivity contribution is -0.0318. The van der Waals surface area contributed by atoms with Crippen molar-refractivity contribution in [2.75, 3.05) is 33.5 Å². The molecule has 0 radical (unpaired) electrons. The SMILES string of the molecule is COCC(CCO)NCC(O)COC1CCCC(C)C1. The molecule has 0 saturated heterocycles. The van der Waals surface area contributed by atoms with Crippen LogP contribution in [0.4, 0.5) is 0 Å². The Hall–Kier alpha value is -0.200. The van der Waals surface area contributed by atoms with Crippen LogP contribution in [0.2, 0.25) is 0 Å². The number of ether oxygens (including phenoxy) is 2. The first kappa shape index (κ1) is 17.9. The van der Waals surface area contributed by atoms with Gasteiger partial charge in [0.2, 0.25) is 0 Å². The van der Waals surface area contributed by atoms with Crippen molar-refractivity contribution in [3.8, 4) is 0 Å². The molecule has 0 aromatic heterocycles. The van der Waals surface area contributed by atoms with Crippen LogP contribution in [0.15, 0.2) is 0 Å². The maximum atomic E-state index is 9.94. The number of nitrogens with one attached hydrogen (secondary N) is 1. The summed E-state index contributed by atoms with van der Waals surface area (Å²) in [6.07, 6.45) is 5.17. The van der Waals surface area contributed by atoms with Crippen LogP contribution in [-0.4, -0.2) is 61.9 Å². The summed E-state index contributed by atoms with van der Waals surface area (Å²) in [6, 6.07) is 0.0781. The predicted molar refractivity (Wildman–Crippen MR) is 78.7 cm³/mol. The Morgan fingerprint density at radius 1 is 1.30 bits per heavy atom. The number of aliphatic hydroxyl groups is 2. The largest absolute Gasteiger partial charge is 0.396 e. The number of hydrogen-bond donors (Lipinski definition) is 3. The van der Waals surface area contributed by atoms with Gasteiger partial charge in [-0.05, 0) is 25.2 Å². The van der Waals surface area contributed by atoms with Crippen LogP contribution < -0.4 is 5.32 Å². The van der Waals surface area contributed by atoms with Crippen LogP contribution in [0.1, 0.15) is 39.0 Å². The molecule has 4 unspecified atom stereocenters. The Morgan fingerprint density at radius 2 is 2.10 bits per heavy atom. The maximum Gasteiger partial charge on any atom is 0.0897 e. The molecule has 1 aliphatic carbocycles. The van der Waals surface area contributed by atoms with E-state index in [1.54, 1.807) is 7.11 Å². The maximum absolute atomic E-state index is 9.94. The van der Waals surface area contributed by atoms with Crippen molar-refractivity contribution in [2.45, 2.75) is 57.3 Å². The number of methoxy groups -OCH3 is 1. The van der Waals surface area contributed by atoms with Gasteiger partial charge in [0.1, 0.15) is 0 Å². The lowest BCUT2D eigenvalue weighted by Crippen LogP contribution is -2.41. The van der Waals surface area contributed by atoms with Gasteiger partial charge in [-0.1, -0.05) is 19.8 Å². The molecule has 1 aliphatic rings. The average molecular weight is 289 g/mol. The van der Waals surface area contributed by atoms with E-state index in [0.717, 1.165) is 18.8 Å². The minimum atomic E-state index is -0.509. The molecule has 0 aliphatic heterocycles. The van der Waals surface area contributed by atoms with Crippen molar-refractivity contribution in [2.24, 2.45) is 5.92 Å². The summed E-state index contributed by atoms with van der Waals surface area (Å²) in [5.41, 5.74) is 0. The van der Waals surface area contributed by atoms with E-state index in [4.69, 9.17) is 14.6 Å². The molecular formula is C15H31NO4. The standard InChI is InChI=1S/C15H31NO4/c1-12-4-3-5-15(8-12)20-11-14(18)9-16-13(6-7-17)10-19-2/h12-18H,3-11H2,1-2H3. The Bertz CT molecular complexity index is 225. The molecule has 1 rings (SSSR count). The van der Waals surface area contributed by atoms with Gasteiger partial charge >= 0.3 is 0 Å². The van der Waals surface area contributed by atoms with Gasteiger partial charge in [0.25, 0.3) is 0 Å². The fourth-order valence-corrected chi connectivity index (χ4v) is 2.74. The van der Waals surface area contributed by atoms with Crippen molar-refractivity contribution in [3.63, 3.8) is 0 Å². The van der Waals surface area contributed by atoms with E-state index in [9.17, 15) is 5.11 Å². The zero-order valence-corrected chi connectivity index (χ0v) is 12.9. The van der Waals surface area contributed by atoms with Gasteiger partial charge < -0.3 is 25.0 Å². The minimum absolute atomic E-state index is 0.0781. The number of hydrogen-bond acceptors (Lipinski definition) is 5. The van der Waals surface area contributed by atoms with Gasteiger partial charge in [-0.2, -0.15) is 0 Å². The van der Waals surface area contributed by atoms with Crippen LogP contribution in [0.5, 0.6) is 0 Å². The number of aliphatic hydroxyl groups excluding tert-OH is 2. The summed E-state index contributed by atoms with van der Waals surface area (Å²) < 4.78 is 10.9. The molecule has 5 nitrogen and oxygen atoms in total. The summed E-state index contributed by atoms with van der Waals surface area (Å²) in [6.45, 7) is 3.76. The Labute approximate surface area is 122 Å². The fraction of sp³-hybridized carbons (Fsp3) is 1.00. The third kappa shape index (κ3) is 7.55. The third-order valence-corrected chi connectivity index (χ3v) is 3.90. The molecule has 0 amide bonds.